The van der Waals surface area contributed by atoms with Crippen LogP contribution in [0.2, 0.25) is 5.02 Å². The van der Waals surface area contributed by atoms with E-state index in [-0.39, 0.29) is 11.8 Å². The van der Waals surface area contributed by atoms with Crippen molar-refractivity contribution in [1.29, 1.82) is 0 Å². The first kappa shape index (κ1) is 19.4. The van der Waals surface area contributed by atoms with Crippen LogP contribution >= 0.6 is 22.9 Å². The topological polar surface area (TPSA) is 53.9 Å². The SMILES string of the molecule is O=C(C[NH+]1CCN(C(=O)c2cc3c(s2)CCCC3)CC1)Nc1ccccc1Cl. The van der Waals surface area contributed by atoms with Crippen molar-refractivity contribution in [3.63, 3.8) is 0 Å². The standard InChI is InChI=1S/C21H24ClN3O2S/c22-16-6-2-3-7-17(16)23-20(26)14-24-9-11-25(12-10-24)21(27)19-13-15-5-1-4-8-18(15)28-19/h2-3,6-7,13H,1,4-5,8-12,14H2,(H,23,26)/p+1. The molecule has 1 aromatic heterocycles. The summed E-state index contributed by atoms with van der Waals surface area (Å²) in [7, 11) is 0. The molecule has 5 nitrogen and oxygen atoms in total. The van der Waals surface area contributed by atoms with Crippen molar-refractivity contribution in [1.82, 2.24) is 4.90 Å². The molecule has 4 rings (SSSR count). The number of nitrogens with zero attached hydrogens (tertiary/aromatic N) is 1. The predicted molar refractivity (Wildman–Crippen MR) is 113 cm³/mol. The van der Waals surface area contributed by atoms with Crippen molar-refractivity contribution in [3.8, 4) is 0 Å². The third-order valence-corrected chi connectivity index (χ3v) is 7.08. The van der Waals surface area contributed by atoms with E-state index in [1.54, 1.807) is 23.5 Å². The molecule has 1 aliphatic carbocycles. The molecule has 0 atom stereocenters. The Balaban J connectivity index is 1.28. The van der Waals surface area contributed by atoms with Crippen LogP contribution in [0.5, 0.6) is 0 Å². The number of amides is 2. The Labute approximate surface area is 174 Å². The monoisotopic (exact) mass is 418 g/mol. The van der Waals surface area contributed by atoms with E-state index in [4.69, 9.17) is 11.6 Å². The minimum absolute atomic E-state index is 0.0474. The van der Waals surface area contributed by atoms with E-state index in [2.05, 4.69) is 11.4 Å². The molecule has 1 saturated heterocycles. The first-order chi connectivity index (χ1) is 13.6. The van der Waals surface area contributed by atoms with Crippen LogP contribution in [0.1, 0.15) is 33.0 Å². The zero-order valence-corrected chi connectivity index (χ0v) is 17.4. The lowest BCUT2D eigenvalue weighted by molar-refractivity contribution is -0.895. The number of fused-ring (bicyclic) bond motifs is 1. The number of hydrogen-bond donors (Lipinski definition) is 2. The molecule has 0 unspecified atom stereocenters. The van der Waals surface area contributed by atoms with Gasteiger partial charge >= 0.3 is 0 Å². The lowest BCUT2D eigenvalue weighted by Gasteiger charge is -2.31. The van der Waals surface area contributed by atoms with E-state index in [9.17, 15) is 9.59 Å². The van der Waals surface area contributed by atoms with Gasteiger partial charge in [0.1, 0.15) is 0 Å². The van der Waals surface area contributed by atoms with Gasteiger partial charge in [0.2, 0.25) is 0 Å². The predicted octanol–water partition coefficient (Wildman–Crippen LogP) is 2.26. The maximum absolute atomic E-state index is 12.9. The molecule has 2 heterocycles. The molecule has 0 radical (unpaired) electrons. The summed E-state index contributed by atoms with van der Waals surface area (Å²) in [5.41, 5.74) is 2.02. The van der Waals surface area contributed by atoms with Crippen LogP contribution in [-0.2, 0) is 17.6 Å². The third kappa shape index (κ3) is 4.40. The number of halogens is 1. The Morgan fingerprint density at radius 1 is 1.14 bits per heavy atom. The van der Waals surface area contributed by atoms with Gasteiger partial charge in [-0.15, -0.1) is 11.3 Å². The number of carbonyl (C=O) groups excluding carboxylic acids is 2. The molecular weight excluding hydrogens is 394 g/mol. The number of benzene rings is 1. The Morgan fingerprint density at radius 3 is 2.64 bits per heavy atom. The van der Waals surface area contributed by atoms with Gasteiger partial charge in [-0.05, 0) is 49.4 Å². The second-order valence-corrected chi connectivity index (χ2v) is 9.06. The van der Waals surface area contributed by atoms with Gasteiger partial charge in [0, 0.05) is 4.88 Å². The number of aryl methyl sites for hydroxylation is 2. The molecule has 2 amide bonds. The van der Waals surface area contributed by atoms with Gasteiger partial charge in [-0.3, -0.25) is 9.59 Å². The molecule has 1 aliphatic heterocycles. The average Bonchev–Trinajstić information content (AvgIpc) is 3.14. The number of para-hydroxylation sites is 1. The lowest BCUT2D eigenvalue weighted by Crippen LogP contribution is -3.15. The van der Waals surface area contributed by atoms with E-state index in [0.29, 0.717) is 30.3 Å². The Kier molecular flexibility index (Phi) is 5.99. The van der Waals surface area contributed by atoms with Gasteiger partial charge in [-0.1, -0.05) is 23.7 Å². The highest BCUT2D eigenvalue weighted by Gasteiger charge is 2.28. The van der Waals surface area contributed by atoms with Gasteiger partial charge in [-0.25, -0.2) is 0 Å². The molecule has 2 N–H and O–H groups in total. The fourth-order valence-electron chi connectivity index (χ4n) is 3.94. The van der Waals surface area contributed by atoms with E-state index in [1.807, 2.05) is 17.0 Å². The Morgan fingerprint density at radius 2 is 1.89 bits per heavy atom. The third-order valence-electron chi connectivity index (χ3n) is 5.52. The maximum Gasteiger partial charge on any atom is 0.279 e. The van der Waals surface area contributed by atoms with Crippen LogP contribution < -0.4 is 10.2 Å². The number of hydrogen-bond acceptors (Lipinski definition) is 3. The number of anilines is 1. The quantitative estimate of drug-likeness (QED) is 0.800. The maximum atomic E-state index is 12.9. The number of thiophene rings is 1. The fourth-order valence-corrected chi connectivity index (χ4v) is 5.34. The summed E-state index contributed by atoms with van der Waals surface area (Å²) in [4.78, 5) is 30.6. The number of piperazine rings is 1. The minimum atomic E-state index is -0.0474. The number of quaternary nitrogens is 1. The summed E-state index contributed by atoms with van der Waals surface area (Å²) in [6.45, 7) is 3.34. The molecular formula is C21H25ClN3O2S+. The van der Waals surface area contributed by atoms with Gasteiger partial charge < -0.3 is 15.1 Å². The highest BCUT2D eigenvalue weighted by molar-refractivity contribution is 7.14. The largest absolute Gasteiger partial charge is 0.327 e. The molecule has 0 bridgehead atoms. The molecule has 2 aromatic rings. The smallest absolute Gasteiger partial charge is 0.279 e. The van der Waals surface area contributed by atoms with Crippen LogP contribution in [0.25, 0.3) is 0 Å². The van der Waals surface area contributed by atoms with Crippen LogP contribution in [-0.4, -0.2) is 49.4 Å². The highest BCUT2D eigenvalue weighted by Crippen LogP contribution is 2.30. The summed E-state index contributed by atoms with van der Waals surface area (Å²) in [6, 6.07) is 9.35. The first-order valence-electron chi connectivity index (χ1n) is 9.89. The molecule has 7 heteroatoms. The summed E-state index contributed by atoms with van der Waals surface area (Å²) < 4.78 is 0. The van der Waals surface area contributed by atoms with Crippen LogP contribution in [0.15, 0.2) is 30.3 Å². The van der Waals surface area contributed by atoms with Crippen molar-refractivity contribution < 1.29 is 14.5 Å². The lowest BCUT2D eigenvalue weighted by atomic mass is 9.99. The van der Waals surface area contributed by atoms with E-state index in [1.165, 1.54) is 28.2 Å². The molecule has 1 aromatic carbocycles. The summed E-state index contributed by atoms with van der Waals surface area (Å²) in [5.74, 6) is 0.104. The van der Waals surface area contributed by atoms with Crippen LogP contribution in [0, 0.1) is 0 Å². The molecule has 0 spiro atoms. The van der Waals surface area contributed by atoms with E-state index < -0.39 is 0 Å². The van der Waals surface area contributed by atoms with Gasteiger partial charge in [0.05, 0.1) is 41.8 Å². The Bertz CT molecular complexity index is 851. The molecule has 0 saturated carbocycles. The van der Waals surface area contributed by atoms with Gasteiger partial charge in [0.25, 0.3) is 11.8 Å². The highest BCUT2D eigenvalue weighted by atomic mass is 35.5. The van der Waals surface area contributed by atoms with Crippen molar-refractivity contribution >= 4 is 40.4 Å². The average molecular weight is 419 g/mol. The zero-order valence-electron chi connectivity index (χ0n) is 15.8. The van der Waals surface area contributed by atoms with E-state index in [0.717, 1.165) is 30.8 Å². The van der Waals surface area contributed by atoms with Gasteiger partial charge in [-0.2, -0.15) is 0 Å². The van der Waals surface area contributed by atoms with Crippen molar-refractivity contribution in [2.75, 3.05) is 38.0 Å². The summed E-state index contributed by atoms with van der Waals surface area (Å²) >= 11 is 7.77. The molecule has 2 aliphatic rings. The second kappa shape index (κ2) is 8.64. The number of rotatable bonds is 4. The fraction of sp³-hybridized carbons (Fsp3) is 0.429. The van der Waals surface area contributed by atoms with Crippen molar-refractivity contribution in [2.24, 2.45) is 0 Å². The van der Waals surface area contributed by atoms with Gasteiger partial charge in [0.15, 0.2) is 6.54 Å². The normalized spacial score (nSPS) is 17.2. The van der Waals surface area contributed by atoms with E-state index >= 15 is 0 Å². The molecule has 28 heavy (non-hydrogen) atoms. The van der Waals surface area contributed by atoms with Crippen LogP contribution in [0.4, 0.5) is 5.69 Å². The minimum Gasteiger partial charge on any atom is -0.327 e. The number of nitrogens with one attached hydrogen (secondary N) is 2. The number of carbonyl (C=O) groups is 2. The second-order valence-electron chi connectivity index (χ2n) is 7.51. The zero-order chi connectivity index (χ0) is 19.5. The summed E-state index contributed by atoms with van der Waals surface area (Å²) in [6.07, 6.45) is 4.69. The first-order valence-corrected chi connectivity index (χ1v) is 11.1. The van der Waals surface area contributed by atoms with Crippen molar-refractivity contribution in [3.05, 3.63) is 50.7 Å². The molecule has 148 valence electrons. The summed E-state index contributed by atoms with van der Waals surface area (Å²) in [5, 5.41) is 3.42. The Hall–Kier alpha value is -1.89. The molecule has 1 fully saturated rings. The van der Waals surface area contributed by atoms with Crippen LogP contribution in [0.3, 0.4) is 0 Å². The van der Waals surface area contributed by atoms with Crippen molar-refractivity contribution in [2.45, 2.75) is 25.7 Å².